The number of hydrogen-bond donors (Lipinski definition) is 1. The van der Waals surface area contributed by atoms with Gasteiger partial charge in [-0.05, 0) is 30.7 Å². The lowest BCUT2D eigenvalue weighted by atomic mass is 9.72. The molecule has 4 aromatic rings. The summed E-state index contributed by atoms with van der Waals surface area (Å²) < 4.78 is 10.6. The van der Waals surface area contributed by atoms with E-state index in [0.717, 1.165) is 59.5 Å². The number of thiophene rings is 1. The molecule has 0 unspecified atom stereocenters. The summed E-state index contributed by atoms with van der Waals surface area (Å²) in [5, 5.41) is 23.6. The van der Waals surface area contributed by atoms with Crippen molar-refractivity contribution in [3.05, 3.63) is 36.2 Å². The molecule has 0 radical (unpaired) electrons. The molecule has 4 heterocycles. The number of ether oxygens (including phenoxy) is 1. The first-order chi connectivity index (χ1) is 16.1. The van der Waals surface area contributed by atoms with Crippen LogP contribution in [-0.2, 0) is 17.3 Å². The van der Waals surface area contributed by atoms with Crippen molar-refractivity contribution in [3.63, 3.8) is 0 Å². The average Bonchev–Trinajstić information content (AvgIpc) is 3.52. The van der Waals surface area contributed by atoms with Crippen LogP contribution in [0.3, 0.4) is 0 Å². The Morgan fingerprint density at radius 1 is 1.27 bits per heavy atom. The van der Waals surface area contributed by atoms with Gasteiger partial charge >= 0.3 is 0 Å². The highest BCUT2D eigenvalue weighted by Gasteiger charge is 2.47. The number of hydrogen-bond acceptors (Lipinski definition) is 8. The Labute approximate surface area is 196 Å². The maximum absolute atomic E-state index is 9.48. The second-order valence-electron chi connectivity index (χ2n) is 8.55. The third-order valence-electron chi connectivity index (χ3n) is 6.08. The van der Waals surface area contributed by atoms with E-state index in [4.69, 9.17) is 9.72 Å². The zero-order valence-corrected chi connectivity index (χ0v) is 19.5. The summed E-state index contributed by atoms with van der Waals surface area (Å²) in [6.07, 6.45) is 11.8. The summed E-state index contributed by atoms with van der Waals surface area (Å²) in [5.41, 5.74) is 3.12. The fraction of sp³-hybridized carbons (Fsp3) is 0.435. The van der Waals surface area contributed by atoms with Gasteiger partial charge < -0.3 is 10.1 Å². The molecule has 0 saturated heterocycles. The van der Waals surface area contributed by atoms with Gasteiger partial charge in [0.1, 0.15) is 0 Å². The summed E-state index contributed by atoms with van der Waals surface area (Å²) in [5.74, 6) is 0.511. The molecule has 0 amide bonds. The molecule has 1 fully saturated rings. The molecule has 0 aliphatic heterocycles. The van der Waals surface area contributed by atoms with Crippen LogP contribution < -0.4 is 5.32 Å². The molecule has 0 spiro atoms. The van der Waals surface area contributed by atoms with E-state index >= 15 is 0 Å². The van der Waals surface area contributed by atoms with Crippen molar-refractivity contribution in [1.29, 1.82) is 5.26 Å². The van der Waals surface area contributed by atoms with E-state index in [2.05, 4.69) is 33.5 Å². The molecule has 10 heteroatoms. The number of fused-ring (bicyclic) bond motifs is 1. The molecule has 1 saturated carbocycles. The SMILES string of the molecule is CCCCOC1CC(CC#N)(n2cc(-c3nc(Nc4cnn(C)c4)nc4ccsc34)cn2)C1. The van der Waals surface area contributed by atoms with Gasteiger partial charge in [-0.2, -0.15) is 15.5 Å². The molecule has 5 rings (SSSR count). The Hall–Kier alpha value is -3.29. The van der Waals surface area contributed by atoms with Crippen molar-refractivity contribution in [2.45, 2.75) is 50.7 Å². The first-order valence-electron chi connectivity index (χ1n) is 11.2. The van der Waals surface area contributed by atoms with Crippen molar-refractivity contribution < 1.29 is 4.74 Å². The molecule has 170 valence electrons. The van der Waals surface area contributed by atoms with Crippen LogP contribution in [0.5, 0.6) is 0 Å². The molecular weight excluding hydrogens is 436 g/mol. The van der Waals surface area contributed by atoms with Crippen LogP contribution >= 0.6 is 11.3 Å². The minimum atomic E-state index is -0.317. The lowest BCUT2D eigenvalue weighted by Gasteiger charge is -2.46. The van der Waals surface area contributed by atoms with Crippen LogP contribution in [0.1, 0.15) is 39.0 Å². The number of rotatable bonds is 9. The molecule has 0 bridgehead atoms. The fourth-order valence-electron chi connectivity index (χ4n) is 4.29. The minimum absolute atomic E-state index is 0.191. The molecule has 0 aromatic carbocycles. The van der Waals surface area contributed by atoms with Gasteiger partial charge in [0.25, 0.3) is 0 Å². The monoisotopic (exact) mass is 462 g/mol. The summed E-state index contributed by atoms with van der Waals surface area (Å²) in [7, 11) is 1.87. The molecule has 0 atom stereocenters. The first kappa shape index (κ1) is 21.6. The zero-order valence-electron chi connectivity index (χ0n) is 18.7. The molecule has 33 heavy (non-hydrogen) atoms. The molecule has 4 aromatic heterocycles. The van der Waals surface area contributed by atoms with Gasteiger partial charge in [0.2, 0.25) is 5.95 Å². The second-order valence-corrected chi connectivity index (χ2v) is 9.46. The van der Waals surface area contributed by atoms with Crippen LogP contribution in [0, 0.1) is 11.3 Å². The number of unbranched alkanes of at least 4 members (excludes halogenated alkanes) is 1. The van der Waals surface area contributed by atoms with Gasteiger partial charge in [-0.15, -0.1) is 11.3 Å². The van der Waals surface area contributed by atoms with Crippen LogP contribution in [0.15, 0.2) is 36.2 Å². The summed E-state index contributed by atoms with van der Waals surface area (Å²) in [6.45, 7) is 2.93. The first-order valence-corrected chi connectivity index (χ1v) is 12.0. The van der Waals surface area contributed by atoms with Crippen LogP contribution in [0.4, 0.5) is 11.6 Å². The Kier molecular flexibility index (Phi) is 5.83. The summed E-state index contributed by atoms with van der Waals surface area (Å²) in [4.78, 5) is 9.45. The average molecular weight is 463 g/mol. The number of aryl methyl sites for hydroxylation is 1. The zero-order chi connectivity index (χ0) is 22.8. The van der Waals surface area contributed by atoms with Gasteiger partial charge in [-0.1, -0.05) is 13.3 Å². The van der Waals surface area contributed by atoms with Crippen molar-refractivity contribution in [1.82, 2.24) is 29.5 Å². The fourth-order valence-corrected chi connectivity index (χ4v) is 5.14. The third-order valence-corrected chi connectivity index (χ3v) is 6.99. The molecule has 1 aliphatic carbocycles. The highest BCUT2D eigenvalue weighted by molar-refractivity contribution is 7.17. The van der Waals surface area contributed by atoms with Crippen LogP contribution in [-0.4, -0.2) is 42.2 Å². The van der Waals surface area contributed by atoms with Gasteiger partial charge in [-0.25, -0.2) is 9.97 Å². The van der Waals surface area contributed by atoms with Gasteiger partial charge in [-0.3, -0.25) is 9.36 Å². The number of anilines is 2. The Morgan fingerprint density at radius 2 is 2.15 bits per heavy atom. The second kappa shape index (κ2) is 8.92. The quantitative estimate of drug-likeness (QED) is 0.362. The highest BCUT2D eigenvalue weighted by atomic mass is 32.1. The number of aromatic nitrogens is 6. The number of nitrogens with zero attached hydrogens (tertiary/aromatic N) is 7. The van der Waals surface area contributed by atoms with Gasteiger partial charge in [0, 0.05) is 31.6 Å². The predicted molar refractivity (Wildman–Crippen MR) is 127 cm³/mol. The van der Waals surface area contributed by atoms with Crippen molar-refractivity contribution in [2.75, 3.05) is 11.9 Å². The lowest BCUT2D eigenvalue weighted by molar-refractivity contribution is -0.0768. The predicted octanol–water partition coefficient (Wildman–Crippen LogP) is 4.62. The molecular formula is C23H26N8OS. The minimum Gasteiger partial charge on any atom is -0.378 e. The third kappa shape index (κ3) is 4.21. The van der Waals surface area contributed by atoms with Crippen LogP contribution in [0.2, 0.25) is 0 Å². The van der Waals surface area contributed by atoms with E-state index in [0.29, 0.717) is 12.4 Å². The standard InChI is InChI=1S/C23H26N8OS/c1-3-4-8-32-18-10-23(11-18,6-7-24)31-14-16(12-26-31)20-21-19(5-9-33-21)28-22(29-20)27-17-13-25-30(2)15-17/h5,9,12-15,18H,3-4,6,8,10-11H2,1-2H3,(H,27,28,29). The largest absolute Gasteiger partial charge is 0.378 e. The topological polar surface area (TPSA) is 106 Å². The Morgan fingerprint density at radius 3 is 2.91 bits per heavy atom. The van der Waals surface area contributed by atoms with E-state index in [1.807, 2.05) is 41.8 Å². The smallest absolute Gasteiger partial charge is 0.228 e. The van der Waals surface area contributed by atoms with Gasteiger partial charge in [0.05, 0.1) is 58.1 Å². The van der Waals surface area contributed by atoms with Gasteiger partial charge in [0.15, 0.2) is 0 Å². The maximum atomic E-state index is 9.48. The Balaban J connectivity index is 1.42. The lowest BCUT2D eigenvalue weighted by Crippen LogP contribution is -2.50. The molecule has 1 aliphatic rings. The van der Waals surface area contributed by atoms with Crippen LogP contribution in [0.25, 0.3) is 21.5 Å². The van der Waals surface area contributed by atoms with E-state index in [1.54, 1.807) is 22.2 Å². The van der Waals surface area contributed by atoms with E-state index in [-0.39, 0.29) is 11.6 Å². The highest BCUT2D eigenvalue weighted by Crippen LogP contribution is 2.44. The maximum Gasteiger partial charge on any atom is 0.228 e. The van der Waals surface area contributed by atoms with Crippen molar-refractivity contribution >= 4 is 33.2 Å². The Bertz CT molecular complexity index is 1290. The van der Waals surface area contributed by atoms with E-state index in [9.17, 15) is 5.26 Å². The number of nitriles is 1. The summed E-state index contributed by atoms with van der Waals surface area (Å²) >= 11 is 1.61. The van der Waals surface area contributed by atoms with E-state index < -0.39 is 0 Å². The molecule has 1 N–H and O–H groups in total. The normalized spacial score (nSPS) is 20.0. The van der Waals surface area contributed by atoms with E-state index in [1.165, 1.54) is 0 Å². The summed E-state index contributed by atoms with van der Waals surface area (Å²) in [6, 6.07) is 4.34. The van der Waals surface area contributed by atoms with Crippen molar-refractivity contribution in [3.8, 4) is 17.3 Å². The number of nitrogens with one attached hydrogen (secondary N) is 1. The molecule has 9 nitrogen and oxygen atoms in total. The van der Waals surface area contributed by atoms with Crippen molar-refractivity contribution in [2.24, 2.45) is 7.05 Å².